The van der Waals surface area contributed by atoms with Gasteiger partial charge in [0.05, 0.1) is 6.26 Å². The lowest BCUT2D eigenvalue weighted by atomic mass is 9.92. The maximum Gasteiger partial charge on any atom is 0.105 e. The number of furan rings is 1. The molecule has 2 N–H and O–H groups in total. The van der Waals surface area contributed by atoms with E-state index in [0.717, 1.165) is 25.0 Å². The Kier molecular flexibility index (Phi) is 4.03. The van der Waals surface area contributed by atoms with Crippen LogP contribution in [0.4, 0.5) is 0 Å². The third-order valence-corrected chi connectivity index (χ3v) is 2.67. The fraction of sp³-hybridized carbons (Fsp3) is 0.636. The molecule has 74 valence electrons. The van der Waals surface area contributed by atoms with Crippen molar-refractivity contribution in [3.8, 4) is 0 Å². The van der Waals surface area contributed by atoms with Crippen molar-refractivity contribution in [2.75, 3.05) is 0 Å². The van der Waals surface area contributed by atoms with E-state index < -0.39 is 0 Å². The molecule has 0 bridgehead atoms. The summed E-state index contributed by atoms with van der Waals surface area (Å²) in [5.74, 6) is 1.62. The monoisotopic (exact) mass is 181 g/mol. The topological polar surface area (TPSA) is 39.2 Å². The second-order valence-electron chi connectivity index (χ2n) is 3.52. The van der Waals surface area contributed by atoms with E-state index in [1.54, 1.807) is 6.26 Å². The zero-order chi connectivity index (χ0) is 9.68. The third-order valence-electron chi connectivity index (χ3n) is 2.67. The molecule has 1 aromatic rings. The van der Waals surface area contributed by atoms with Gasteiger partial charge in [-0.1, -0.05) is 26.7 Å². The summed E-state index contributed by atoms with van der Waals surface area (Å²) in [5.41, 5.74) is 6.07. The molecule has 0 spiro atoms. The molecule has 1 rings (SSSR count). The molecule has 0 aliphatic carbocycles. The SMILES string of the molecule is CCC(CC)C(N)Cc1ccco1. The van der Waals surface area contributed by atoms with Crippen LogP contribution in [0.1, 0.15) is 32.4 Å². The van der Waals surface area contributed by atoms with Crippen molar-refractivity contribution in [1.29, 1.82) is 0 Å². The van der Waals surface area contributed by atoms with E-state index >= 15 is 0 Å². The maximum absolute atomic E-state index is 6.07. The normalized spacial score (nSPS) is 13.5. The average Bonchev–Trinajstić information content (AvgIpc) is 2.59. The van der Waals surface area contributed by atoms with Crippen molar-refractivity contribution < 1.29 is 4.42 Å². The molecular weight excluding hydrogens is 162 g/mol. The van der Waals surface area contributed by atoms with Crippen LogP contribution in [0.15, 0.2) is 22.8 Å². The van der Waals surface area contributed by atoms with Crippen LogP contribution in [0.25, 0.3) is 0 Å². The van der Waals surface area contributed by atoms with Crippen molar-refractivity contribution in [1.82, 2.24) is 0 Å². The van der Waals surface area contributed by atoms with E-state index in [0.29, 0.717) is 5.92 Å². The predicted molar refractivity (Wildman–Crippen MR) is 54.5 cm³/mol. The van der Waals surface area contributed by atoms with Crippen LogP contribution in [0.2, 0.25) is 0 Å². The Morgan fingerprint density at radius 3 is 2.54 bits per heavy atom. The van der Waals surface area contributed by atoms with E-state index in [-0.39, 0.29) is 6.04 Å². The van der Waals surface area contributed by atoms with Gasteiger partial charge in [-0.05, 0) is 18.1 Å². The quantitative estimate of drug-likeness (QED) is 0.758. The molecule has 0 saturated carbocycles. The summed E-state index contributed by atoms with van der Waals surface area (Å²) in [6.45, 7) is 4.38. The molecule has 2 heteroatoms. The highest BCUT2D eigenvalue weighted by atomic mass is 16.3. The molecule has 1 atom stereocenters. The van der Waals surface area contributed by atoms with Crippen molar-refractivity contribution in [3.05, 3.63) is 24.2 Å². The first-order valence-electron chi connectivity index (χ1n) is 5.05. The largest absolute Gasteiger partial charge is 0.469 e. The second-order valence-corrected chi connectivity index (χ2v) is 3.52. The lowest BCUT2D eigenvalue weighted by Crippen LogP contribution is -2.31. The summed E-state index contributed by atoms with van der Waals surface area (Å²) in [4.78, 5) is 0. The van der Waals surface area contributed by atoms with Crippen molar-refractivity contribution in [2.45, 2.75) is 39.2 Å². The molecule has 1 unspecified atom stereocenters. The first-order valence-corrected chi connectivity index (χ1v) is 5.05. The molecule has 0 fully saturated rings. The highest BCUT2D eigenvalue weighted by Crippen LogP contribution is 2.15. The minimum atomic E-state index is 0.237. The summed E-state index contributed by atoms with van der Waals surface area (Å²) in [6.07, 6.45) is 4.87. The number of hydrogen-bond acceptors (Lipinski definition) is 2. The van der Waals surface area contributed by atoms with Gasteiger partial charge in [-0.3, -0.25) is 0 Å². The van der Waals surface area contributed by atoms with Gasteiger partial charge in [0, 0.05) is 12.5 Å². The minimum Gasteiger partial charge on any atom is -0.469 e. The highest BCUT2D eigenvalue weighted by molar-refractivity contribution is 5.00. The molecule has 0 radical (unpaired) electrons. The smallest absolute Gasteiger partial charge is 0.105 e. The fourth-order valence-corrected chi connectivity index (χ4v) is 1.72. The molecule has 1 aromatic heterocycles. The minimum absolute atomic E-state index is 0.237. The van der Waals surface area contributed by atoms with Crippen LogP contribution >= 0.6 is 0 Å². The van der Waals surface area contributed by atoms with Crippen LogP contribution in [-0.4, -0.2) is 6.04 Å². The first kappa shape index (κ1) is 10.3. The van der Waals surface area contributed by atoms with Crippen LogP contribution in [0.5, 0.6) is 0 Å². The third kappa shape index (κ3) is 2.88. The van der Waals surface area contributed by atoms with E-state index in [1.807, 2.05) is 12.1 Å². The van der Waals surface area contributed by atoms with Crippen LogP contribution in [-0.2, 0) is 6.42 Å². The zero-order valence-electron chi connectivity index (χ0n) is 8.49. The Balaban J connectivity index is 2.44. The van der Waals surface area contributed by atoms with E-state index in [9.17, 15) is 0 Å². The molecule has 1 heterocycles. The van der Waals surface area contributed by atoms with Crippen LogP contribution < -0.4 is 5.73 Å². The molecular formula is C11H19NO. The van der Waals surface area contributed by atoms with E-state index in [4.69, 9.17) is 10.2 Å². The number of hydrogen-bond donors (Lipinski definition) is 1. The number of rotatable bonds is 5. The molecule has 0 amide bonds. The molecule has 0 aliphatic heterocycles. The summed E-state index contributed by atoms with van der Waals surface area (Å²) >= 11 is 0. The standard InChI is InChI=1S/C11H19NO/c1-3-9(4-2)11(12)8-10-6-5-7-13-10/h5-7,9,11H,3-4,8,12H2,1-2H3. The Hall–Kier alpha value is -0.760. The van der Waals surface area contributed by atoms with Crippen LogP contribution in [0.3, 0.4) is 0 Å². The lowest BCUT2D eigenvalue weighted by Gasteiger charge is -2.19. The van der Waals surface area contributed by atoms with Gasteiger partial charge in [-0.25, -0.2) is 0 Å². The predicted octanol–water partition coefficient (Wildman–Crippen LogP) is 2.59. The Labute approximate surface area is 80.1 Å². The summed E-state index contributed by atoms with van der Waals surface area (Å²) < 4.78 is 5.26. The zero-order valence-corrected chi connectivity index (χ0v) is 8.49. The van der Waals surface area contributed by atoms with E-state index in [1.165, 1.54) is 0 Å². The van der Waals surface area contributed by atoms with Gasteiger partial charge in [-0.15, -0.1) is 0 Å². The summed E-state index contributed by atoms with van der Waals surface area (Å²) in [7, 11) is 0. The van der Waals surface area contributed by atoms with Crippen molar-refractivity contribution in [3.63, 3.8) is 0 Å². The van der Waals surface area contributed by atoms with Gasteiger partial charge in [0.2, 0.25) is 0 Å². The van der Waals surface area contributed by atoms with Gasteiger partial charge in [0.15, 0.2) is 0 Å². The fourth-order valence-electron chi connectivity index (χ4n) is 1.72. The van der Waals surface area contributed by atoms with Gasteiger partial charge < -0.3 is 10.2 Å². The van der Waals surface area contributed by atoms with Gasteiger partial charge in [0.25, 0.3) is 0 Å². The van der Waals surface area contributed by atoms with Gasteiger partial charge in [0.1, 0.15) is 5.76 Å². The van der Waals surface area contributed by atoms with E-state index in [2.05, 4.69) is 13.8 Å². The van der Waals surface area contributed by atoms with Gasteiger partial charge >= 0.3 is 0 Å². The van der Waals surface area contributed by atoms with Crippen molar-refractivity contribution in [2.24, 2.45) is 11.7 Å². The Morgan fingerprint density at radius 2 is 2.08 bits per heavy atom. The van der Waals surface area contributed by atoms with Crippen molar-refractivity contribution >= 4 is 0 Å². The lowest BCUT2D eigenvalue weighted by molar-refractivity contribution is 0.369. The summed E-state index contributed by atoms with van der Waals surface area (Å²) in [5, 5.41) is 0. The summed E-state index contributed by atoms with van der Waals surface area (Å²) in [6, 6.07) is 4.14. The molecule has 0 saturated heterocycles. The van der Waals surface area contributed by atoms with Gasteiger partial charge in [-0.2, -0.15) is 0 Å². The Bertz CT molecular complexity index is 214. The molecule has 13 heavy (non-hydrogen) atoms. The molecule has 2 nitrogen and oxygen atoms in total. The highest BCUT2D eigenvalue weighted by Gasteiger charge is 2.15. The average molecular weight is 181 g/mol. The second kappa shape index (κ2) is 5.07. The maximum atomic E-state index is 6.07. The number of nitrogens with two attached hydrogens (primary N) is 1. The molecule has 0 aromatic carbocycles. The first-order chi connectivity index (χ1) is 6.27. The molecule has 0 aliphatic rings. The van der Waals surface area contributed by atoms with Crippen LogP contribution in [0, 0.1) is 5.92 Å². The Morgan fingerprint density at radius 1 is 1.38 bits per heavy atom.